The lowest BCUT2D eigenvalue weighted by molar-refractivity contribution is -0.122. The number of carbonyl (C=O) groups excluding carboxylic acids is 1. The summed E-state index contributed by atoms with van der Waals surface area (Å²) in [5, 5.41) is 2.80. The van der Waals surface area contributed by atoms with Crippen LogP contribution in [0.4, 0.5) is 0 Å². The van der Waals surface area contributed by atoms with E-state index in [-0.39, 0.29) is 5.91 Å². The molecule has 1 amide bonds. The van der Waals surface area contributed by atoms with Gasteiger partial charge < -0.3 is 5.32 Å². The second-order valence-corrected chi connectivity index (χ2v) is 3.31. The number of hydrogen-bond donors (Lipinski definition) is 1. The van der Waals surface area contributed by atoms with Crippen LogP contribution in [0.15, 0.2) is 0 Å². The van der Waals surface area contributed by atoms with Crippen LogP contribution >= 0.6 is 0 Å². The second-order valence-electron chi connectivity index (χ2n) is 3.31. The number of nitrogens with one attached hydrogen (secondary N) is 1. The Morgan fingerprint density at radius 1 is 1.58 bits per heavy atom. The van der Waals surface area contributed by atoms with Crippen molar-refractivity contribution in [2.75, 3.05) is 6.54 Å². The van der Waals surface area contributed by atoms with Crippen molar-refractivity contribution in [1.82, 2.24) is 5.32 Å². The van der Waals surface area contributed by atoms with E-state index in [2.05, 4.69) is 11.2 Å². The monoisotopic (exact) mass is 165 g/mol. The highest BCUT2D eigenvalue weighted by Gasteiger charge is 2.19. The fourth-order valence-electron chi connectivity index (χ4n) is 1.31. The molecule has 0 aromatic carbocycles. The fourth-order valence-corrected chi connectivity index (χ4v) is 1.31. The first-order valence-electron chi connectivity index (χ1n) is 4.53. The van der Waals surface area contributed by atoms with Gasteiger partial charge in [-0.05, 0) is 18.8 Å². The zero-order valence-corrected chi connectivity index (χ0v) is 7.31. The number of carbonyl (C=O) groups is 1. The van der Waals surface area contributed by atoms with Gasteiger partial charge in [0.25, 0.3) is 0 Å². The second kappa shape index (κ2) is 4.82. The molecule has 1 N–H and O–H groups in total. The van der Waals surface area contributed by atoms with Crippen LogP contribution in [0.25, 0.3) is 0 Å². The molecule has 0 aliphatic heterocycles. The highest BCUT2D eigenvalue weighted by atomic mass is 16.1. The summed E-state index contributed by atoms with van der Waals surface area (Å²) in [7, 11) is 0. The first-order valence-corrected chi connectivity index (χ1v) is 4.53. The maximum Gasteiger partial charge on any atom is 0.220 e. The van der Waals surface area contributed by atoms with Gasteiger partial charge in [-0.2, -0.15) is 0 Å². The molecule has 2 heteroatoms. The lowest BCUT2D eigenvalue weighted by Gasteiger charge is -2.24. The average molecular weight is 165 g/mol. The van der Waals surface area contributed by atoms with Crippen LogP contribution in [0.5, 0.6) is 0 Å². The Morgan fingerprint density at radius 3 is 2.83 bits per heavy atom. The Bertz CT molecular complexity index is 189. The quantitative estimate of drug-likeness (QED) is 0.494. The number of rotatable bonds is 4. The Labute approximate surface area is 73.7 Å². The Balaban J connectivity index is 2.00. The van der Waals surface area contributed by atoms with E-state index in [0.717, 1.165) is 0 Å². The first-order chi connectivity index (χ1) is 5.83. The van der Waals surface area contributed by atoms with E-state index in [4.69, 9.17) is 6.42 Å². The largest absolute Gasteiger partial charge is 0.355 e. The van der Waals surface area contributed by atoms with Gasteiger partial charge in [-0.3, -0.25) is 4.79 Å². The van der Waals surface area contributed by atoms with Crippen molar-refractivity contribution in [3.8, 4) is 12.3 Å². The number of hydrogen-bond acceptors (Lipinski definition) is 1. The zero-order valence-electron chi connectivity index (χ0n) is 7.31. The summed E-state index contributed by atoms with van der Waals surface area (Å²) >= 11 is 0. The van der Waals surface area contributed by atoms with Crippen LogP contribution in [0, 0.1) is 18.3 Å². The third-order valence-corrected chi connectivity index (χ3v) is 2.29. The van der Waals surface area contributed by atoms with Crippen LogP contribution < -0.4 is 5.32 Å². The molecule has 1 saturated carbocycles. The molecule has 0 radical (unpaired) electrons. The lowest BCUT2D eigenvalue weighted by atomic mass is 9.83. The van der Waals surface area contributed by atoms with E-state index in [9.17, 15) is 4.79 Å². The van der Waals surface area contributed by atoms with Gasteiger partial charge in [0.2, 0.25) is 5.91 Å². The van der Waals surface area contributed by atoms with Crippen molar-refractivity contribution >= 4 is 5.91 Å². The smallest absolute Gasteiger partial charge is 0.220 e. The molecule has 0 heterocycles. The van der Waals surface area contributed by atoms with E-state index in [0.29, 0.717) is 25.3 Å². The maximum atomic E-state index is 11.1. The molecule has 12 heavy (non-hydrogen) atoms. The summed E-state index contributed by atoms with van der Waals surface area (Å²) < 4.78 is 0. The molecule has 0 spiro atoms. The van der Waals surface area contributed by atoms with Gasteiger partial charge in [0.15, 0.2) is 0 Å². The first kappa shape index (κ1) is 9.12. The molecule has 0 aromatic heterocycles. The van der Waals surface area contributed by atoms with E-state index in [1.807, 2.05) is 0 Å². The molecule has 0 saturated heterocycles. The fraction of sp³-hybridized carbons (Fsp3) is 0.700. The predicted octanol–water partition coefficient (Wildman–Crippen LogP) is 1.32. The van der Waals surface area contributed by atoms with Gasteiger partial charge in [0.05, 0.1) is 0 Å². The normalized spacial score (nSPS) is 16.2. The topological polar surface area (TPSA) is 29.1 Å². The van der Waals surface area contributed by atoms with Crippen LogP contribution in [0.3, 0.4) is 0 Å². The lowest BCUT2D eigenvalue weighted by Crippen LogP contribution is -2.28. The van der Waals surface area contributed by atoms with Crippen LogP contribution in [-0.2, 0) is 4.79 Å². The molecule has 1 aliphatic carbocycles. The Hall–Kier alpha value is -0.970. The summed E-state index contributed by atoms with van der Waals surface area (Å²) in [5.74, 6) is 3.30. The minimum absolute atomic E-state index is 0.162. The van der Waals surface area contributed by atoms with E-state index >= 15 is 0 Å². The summed E-state index contributed by atoms with van der Waals surface area (Å²) in [4.78, 5) is 11.1. The standard InChI is InChI=1S/C10H15NO/c1-2-3-7-11-10(12)8-9-5-4-6-9/h1,9H,3-8H2,(H,11,12). The van der Waals surface area contributed by atoms with Gasteiger partial charge in [-0.25, -0.2) is 0 Å². The minimum atomic E-state index is 0.162. The molecule has 0 unspecified atom stereocenters. The molecule has 66 valence electrons. The highest BCUT2D eigenvalue weighted by molar-refractivity contribution is 5.76. The van der Waals surface area contributed by atoms with Crippen LogP contribution in [-0.4, -0.2) is 12.5 Å². The minimum Gasteiger partial charge on any atom is -0.355 e. The van der Waals surface area contributed by atoms with Crippen molar-refractivity contribution in [1.29, 1.82) is 0 Å². The predicted molar refractivity (Wildman–Crippen MR) is 48.4 cm³/mol. The van der Waals surface area contributed by atoms with Gasteiger partial charge in [0, 0.05) is 19.4 Å². The summed E-state index contributed by atoms with van der Waals surface area (Å²) in [6.45, 7) is 0.627. The van der Waals surface area contributed by atoms with E-state index < -0.39 is 0 Å². The van der Waals surface area contributed by atoms with Crippen LogP contribution in [0.1, 0.15) is 32.1 Å². The molecule has 0 aromatic rings. The molecule has 1 rings (SSSR count). The maximum absolute atomic E-state index is 11.1. The average Bonchev–Trinajstić information content (AvgIpc) is 1.98. The summed E-state index contributed by atoms with van der Waals surface area (Å²) in [6, 6.07) is 0. The van der Waals surface area contributed by atoms with Gasteiger partial charge >= 0.3 is 0 Å². The summed E-state index contributed by atoms with van der Waals surface area (Å²) in [6.07, 6.45) is 10.1. The number of terminal acetylenes is 1. The van der Waals surface area contributed by atoms with E-state index in [1.165, 1.54) is 19.3 Å². The van der Waals surface area contributed by atoms with E-state index in [1.54, 1.807) is 0 Å². The molecule has 0 bridgehead atoms. The molecule has 0 atom stereocenters. The SMILES string of the molecule is C#CCCNC(=O)CC1CCC1. The molecular formula is C10H15NO. The Morgan fingerprint density at radius 2 is 2.33 bits per heavy atom. The molecule has 2 nitrogen and oxygen atoms in total. The van der Waals surface area contributed by atoms with Crippen molar-refractivity contribution in [2.24, 2.45) is 5.92 Å². The van der Waals surface area contributed by atoms with Crippen molar-refractivity contribution in [3.63, 3.8) is 0 Å². The Kier molecular flexibility index (Phi) is 3.66. The summed E-state index contributed by atoms with van der Waals surface area (Å²) in [5.41, 5.74) is 0. The van der Waals surface area contributed by atoms with Crippen molar-refractivity contribution < 1.29 is 4.79 Å². The third kappa shape index (κ3) is 2.96. The van der Waals surface area contributed by atoms with Gasteiger partial charge in [0.1, 0.15) is 0 Å². The zero-order chi connectivity index (χ0) is 8.81. The van der Waals surface area contributed by atoms with Crippen LogP contribution in [0.2, 0.25) is 0 Å². The molecule has 1 aliphatic rings. The number of amides is 1. The molecule has 1 fully saturated rings. The highest BCUT2D eigenvalue weighted by Crippen LogP contribution is 2.28. The van der Waals surface area contributed by atoms with Crippen molar-refractivity contribution in [2.45, 2.75) is 32.1 Å². The van der Waals surface area contributed by atoms with Crippen molar-refractivity contribution in [3.05, 3.63) is 0 Å². The van der Waals surface area contributed by atoms with Gasteiger partial charge in [-0.1, -0.05) is 6.42 Å². The van der Waals surface area contributed by atoms with Gasteiger partial charge in [-0.15, -0.1) is 12.3 Å². The third-order valence-electron chi connectivity index (χ3n) is 2.29. The molecular weight excluding hydrogens is 150 g/mol.